The number of nitrogens with two attached hydrogens (primary N) is 3. The van der Waals surface area contributed by atoms with Gasteiger partial charge >= 0.3 is 0 Å². The first kappa shape index (κ1) is 15.6. The van der Waals surface area contributed by atoms with E-state index < -0.39 is 0 Å². The number of benzene rings is 1. The van der Waals surface area contributed by atoms with E-state index in [2.05, 4.69) is 11.1 Å². The molecule has 0 amide bonds. The van der Waals surface area contributed by atoms with Gasteiger partial charge in [0.25, 0.3) is 0 Å². The van der Waals surface area contributed by atoms with Gasteiger partial charge < -0.3 is 17.2 Å². The smallest absolute Gasteiger partial charge is 0.129 e. The van der Waals surface area contributed by atoms with Crippen LogP contribution >= 0.6 is 0 Å². The molecule has 0 saturated heterocycles. The molecule has 6 N–H and O–H groups in total. The van der Waals surface area contributed by atoms with Crippen LogP contribution in [-0.4, -0.2) is 5.84 Å². The lowest BCUT2D eigenvalue weighted by Gasteiger charge is -2.28. The third-order valence-electron chi connectivity index (χ3n) is 3.93. The fourth-order valence-electron chi connectivity index (χ4n) is 2.73. The van der Waals surface area contributed by atoms with Crippen LogP contribution < -0.4 is 17.2 Å². The van der Waals surface area contributed by atoms with Crippen molar-refractivity contribution in [2.45, 2.75) is 26.7 Å². The normalized spacial score (nSPS) is 20.2. The number of rotatable bonds is 2. The Hall–Kier alpha value is -2.74. The molecule has 1 heterocycles. The maximum absolute atomic E-state index is 9.68. The molecule has 1 aliphatic heterocycles. The third kappa shape index (κ3) is 2.44. The summed E-state index contributed by atoms with van der Waals surface area (Å²) in [7, 11) is 0. The van der Waals surface area contributed by atoms with E-state index in [1.807, 2.05) is 39.0 Å². The van der Waals surface area contributed by atoms with Crippen molar-refractivity contribution in [3.63, 3.8) is 0 Å². The second kappa shape index (κ2) is 5.94. The van der Waals surface area contributed by atoms with Crippen LogP contribution in [0.15, 0.2) is 46.2 Å². The topological polar surface area (TPSA) is 114 Å². The largest absolute Gasteiger partial charge is 0.404 e. The minimum atomic E-state index is -0.371. The van der Waals surface area contributed by atoms with E-state index in [-0.39, 0.29) is 11.8 Å². The highest BCUT2D eigenvalue weighted by molar-refractivity contribution is 6.01. The van der Waals surface area contributed by atoms with Crippen LogP contribution in [0, 0.1) is 24.2 Å². The summed E-state index contributed by atoms with van der Waals surface area (Å²) in [4.78, 5) is 4.38. The zero-order chi connectivity index (χ0) is 16.4. The second-order valence-electron chi connectivity index (χ2n) is 5.70. The molecule has 1 aromatic carbocycles. The number of anilines is 1. The number of para-hydroxylation sites is 1. The minimum absolute atomic E-state index is 0.0843. The van der Waals surface area contributed by atoms with Crippen LogP contribution in [0.5, 0.6) is 0 Å². The summed E-state index contributed by atoms with van der Waals surface area (Å²) < 4.78 is 0. The monoisotopic (exact) mass is 295 g/mol. The molecular weight excluding hydrogens is 274 g/mol. The molecule has 0 spiro atoms. The van der Waals surface area contributed by atoms with E-state index >= 15 is 0 Å². The molecule has 1 aliphatic rings. The van der Waals surface area contributed by atoms with Gasteiger partial charge in [0.2, 0.25) is 0 Å². The molecule has 22 heavy (non-hydrogen) atoms. The van der Waals surface area contributed by atoms with Gasteiger partial charge in [0.1, 0.15) is 5.84 Å². The number of aryl methyl sites for hydroxylation is 1. The average Bonchev–Trinajstić information content (AvgIpc) is 2.49. The lowest BCUT2D eigenvalue weighted by Crippen LogP contribution is -2.28. The molecule has 0 bridgehead atoms. The molecule has 1 atom stereocenters. The van der Waals surface area contributed by atoms with E-state index in [4.69, 9.17) is 17.2 Å². The molecule has 2 rings (SSSR count). The van der Waals surface area contributed by atoms with Gasteiger partial charge in [0.05, 0.1) is 23.3 Å². The molecule has 0 aliphatic carbocycles. The molecule has 1 unspecified atom stereocenters. The molecule has 0 fully saturated rings. The first-order valence-corrected chi connectivity index (χ1v) is 7.17. The molecule has 5 nitrogen and oxygen atoms in total. The number of nitriles is 1. The van der Waals surface area contributed by atoms with Crippen LogP contribution in [0.4, 0.5) is 5.69 Å². The maximum atomic E-state index is 9.68. The molecule has 5 heteroatoms. The van der Waals surface area contributed by atoms with Gasteiger partial charge in [-0.2, -0.15) is 5.26 Å². The average molecular weight is 295 g/mol. The van der Waals surface area contributed by atoms with Crippen molar-refractivity contribution in [1.29, 1.82) is 5.26 Å². The van der Waals surface area contributed by atoms with Gasteiger partial charge in [-0.05, 0) is 24.0 Å². The first-order chi connectivity index (χ1) is 10.4. The van der Waals surface area contributed by atoms with Crippen LogP contribution in [0.2, 0.25) is 0 Å². The molecular formula is C17H21N5. The third-order valence-corrected chi connectivity index (χ3v) is 3.93. The quantitative estimate of drug-likeness (QED) is 0.726. The maximum Gasteiger partial charge on any atom is 0.129 e. The van der Waals surface area contributed by atoms with E-state index in [9.17, 15) is 5.26 Å². The summed E-state index contributed by atoms with van der Waals surface area (Å²) in [5.74, 6) is 0.0574. The van der Waals surface area contributed by atoms with E-state index in [0.717, 1.165) is 11.1 Å². The molecule has 0 radical (unpaired) electrons. The number of nitrogen functional groups attached to an aromatic ring is 1. The van der Waals surface area contributed by atoms with E-state index in [1.54, 1.807) is 0 Å². The van der Waals surface area contributed by atoms with Crippen molar-refractivity contribution in [3.8, 4) is 6.07 Å². The fraction of sp³-hybridized carbons (Fsp3) is 0.294. The zero-order valence-corrected chi connectivity index (χ0v) is 13.1. The second-order valence-corrected chi connectivity index (χ2v) is 5.70. The Morgan fingerprint density at radius 2 is 2.00 bits per heavy atom. The zero-order valence-electron chi connectivity index (χ0n) is 13.1. The highest BCUT2D eigenvalue weighted by atomic mass is 14.9. The van der Waals surface area contributed by atoms with Crippen molar-refractivity contribution in [3.05, 3.63) is 52.4 Å². The number of hydrogen-bond acceptors (Lipinski definition) is 5. The number of aliphatic imine (C=N–C) groups is 1. The van der Waals surface area contributed by atoms with Gasteiger partial charge in [-0.1, -0.05) is 32.0 Å². The summed E-state index contributed by atoms with van der Waals surface area (Å²) in [6.07, 6.45) is 1.42. The van der Waals surface area contributed by atoms with Gasteiger partial charge in [-0.25, -0.2) is 4.99 Å². The number of allylic oxidation sites excluding steroid dienone is 2. The molecule has 0 saturated carbocycles. The molecule has 0 aromatic heterocycles. The number of nitrogens with zero attached hydrogens (tertiary/aromatic N) is 2. The summed E-state index contributed by atoms with van der Waals surface area (Å²) in [5, 5.41) is 9.68. The number of amidine groups is 1. The van der Waals surface area contributed by atoms with Crippen LogP contribution in [-0.2, 0) is 0 Å². The lowest BCUT2D eigenvalue weighted by molar-refractivity contribution is 0.727. The van der Waals surface area contributed by atoms with Crippen LogP contribution in [0.1, 0.15) is 30.9 Å². The predicted octanol–water partition coefficient (Wildman–Crippen LogP) is 2.31. The highest BCUT2D eigenvalue weighted by Gasteiger charge is 2.32. The Balaban J connectivity index is 2.77. The molecule has 1 aromatic rings. The van der Waals surface area contributed by atoms with Crippen molar-refractivity contribution >= 4 is 11.5 Å². The van der Waals surface area contributed by atoms with Gasteiger partial charge in [-0.3, -0.25) is 0 Å². The standard InChI is InChI=1S/C17H21N5/c1-9(2)16-12(7-18)14(13(8-19)17(21)22-16)11-6-4-5-10(3)15(11)20/h4-6,8-9,14H,19-20H2,1-3H3,(H2,21,22)/b13-8-. The van der Waals surface area contributed by atoms with Crippen LogP contribution in [0.25, 0.3) is 0 Å². The van der Waals surface area contributed by atoms with E-state index in [0.29, 0.717) is 28.4 Å². The Labute approximate surface area is 130 Å². The first-order valence-electron chi connectivity index (χ1n) is 7.17. The van der Waals surface area contributed by atoms with Gasteiger partial charge in [0, 0.05) is 17.5 Å². The van der Waals surface area contributed by atoms with Gasteiger partial charge in [0.15, 0.2) is 0 Å². The number of hydrogen-bond donors (Lipinski definition) is 3. The van der Waals surface area contributed by atoms with Crippen molar-refractivity contribution in [2.24, 2.45) is 22.4 Å². The van der Waals surface area contributed by atoms with Crippen LogP contribution in [0.3, 0.4) is 0 Å². The SMILES string of the molecule is Cc1cccc(C2C(C#N)=C(C(C)C)N=C(N)/C2=C\N)c1N. The minimum Gasteiger partial charge on any atom is -0.404 e. The summed E-state index contributed by atoms with van der Waals surface area (Å²) >= 11 is 0. The van der Waals surface area contributed by atoms with Crippen molar-refractivity contribution in [1.82, 2.24) is 0 Å². The summed E-state index contributed by atoms with van der Waals surface area (Å²) in [6.45, 7) is 5.90. The van der Waals surface area contributed by atoms with Gasteiger partial charge in [-0.15, -0.1) is 0 Å². The van der Waals surface area contributed by atoms with E-state index in [1.165, 1.54) is 6.20 Å². The van der Waals surface area contributed by atoms with Crippen molar-refractivity contribution < 1.29 is 0 Å². The fourth-order valence-corrected chi connectivity index (χ4v) is 2.73. The Morgan fingerprint density at radius 3 is 2.55 bits per heavy atom. The lowest BCUT2D eigenvalue weighted by atomic mass is 9.79. The molecule has 114 valence electrons. The highest BCUT2D eigenvalue weighted by Crippen LogP contribution is 2.41. The summed E-state index contributed by atoms with van der Waals surface area (Å²) in [5.41, 5.74) is 22.4. The Morgan fingerprint density at radius 1 is 1.32 bits per heavy atom. The Bertz CT molecular complexity index is 732. The Kier molecular flexibility index (Phi) is 4.22. The van der Waals surface area contributed by atoms with Crippen molar-refractivity contribution in [2.75, 3.05) is 5.73 Å². The predicted molar refractivity (Wildman–Crippen MR) is 89.7 cm³/mol. The summed E-state index contributed by atoms with van der Waals surface area (Å²) in [6, 6.07) is 8.04.